The van der Waals surface area contributed by atoms with Gasteiger partial charge in [0.1, 0.15) is 5.76 Å². The van der Waals surface area contributed by atoms with Gasteiger partial charge in [0.15, 0.2) is 5.60 Å². The van der Waals surface area contributed by atoms with Gasteiger partial charge in [-0.1, -0.05) is 116 Å². The van der Waals surface area contributed by atoms with Crippen LogP contribution >= 0.6 is 0 Å². The summed E-state index contributed by atoms with van der Waals surface area (Å²) in [5.41, 5.74) is 5.24. The van der Waals surface area contributed by atoms with Crippen LogP contribution in [0, 0.1) is 0 Å². The van der Waals surface area contributed by atoms with Crippen LogP contribution in [0.25, 0.3) is 0 Å². The number of allylic oxidation sites excluding steroid dienone is 10. The highest BCUT2D eigenvalue weighted by Crippen LogP contribution is 2.42. The van der Waals surface area contributed by atoms with Crippen LogP contribution < -0.4 is 0 Å². The van der Waals surface area contributed by atoms with Crippen molar-refractivity contribution in [2.24, 2.45) is 0 Å². The first-order valence-corrected chi connectivity index (χ1v) is 12.0. The van der Waals surface area contributed by atoms with Gasteiger partial charge in [-0.2, -0.15) is 0 Å². The van der Waals surface area contributed by atoms with E-state index in [4.69, 9.17) is 4.74 Å². The first kappa shape index (κ1) is 24.3. The fourth-order valence-electron chi connectivity index (χ4n) is 3.93. The molecule has 1 aliphatic rings. The molecule has 0 bridgehead atoms. The summed E-state index contributed by atoms with van der Waals surface area (Å²) in [5, 5.41) is 0. The van der Waals surface area contributed by atoms with Gasteiger partial charge in [0.25, 0.3) is 0 Å². The van der Waals surface area contributed by atoms with Gasteiger partial charge in [0.2, 0.25) is 0 Å². The Morgan fingerprint density at radius 2 is 1.52 bits per heavy atom. The molecular formula is C32H36O. The van der Waals surface area contributed by atoms with E-state index in [9.17, 15) is 0 Å². The molecule has 0 aliphatic carbocycles. The minimum atomic E-state index is -0.657. The SMILES string of the molecule is CC=CCC(C)=C/C=C(\C)C1=C(/C=C\CCC)OC(c2ccccc2)(c2ccccc2)C=C1. The van der Waals surface area contributed by atoms with E-state index >= 15 is 0 Å². The van der Waals surface area contributed by atoms with E-state index in [1.165, 1.54) is 11.1 Å². The van der Waals surface area contributed by atoms with E-state index < -0.39 is 5.60 Å². The average molecular weight is 437 g/mol. The molecule has 3 rings (SSSR count). The Bertz CT molecular complexity index is 1040. The van der Waals surface area contributed by atoms with Gasteiger partial charge in [-0.25, -0.2) is 0 Å². The highest BCUT2D eigenvalue weighted by Gasteiger charge is 2.37. The average Bonchev–Trinajstić information content (AvgIpc) is 2.87. The van der Waals surface area contributed by atoms with E-state index in [1.54, 1.807) is 0 Å². The Hall–Kier alpha value is -3.32. The van der Waals surface area contributed by atoms with Gasteiger partial charge >= 0.3 is 0 Å². The zero-order valence-electron chi connectivity index (χ0n) is 20.4. The molecular weight excluding hydrogens is 400 g/mol. The van der Waals surface area contributed by atoms with Crippen molar-refractivity contribution in [2.75, 3.05) is 0 Å². The Kier molecular flexibility index (Phi) is 8.89. The second kappa shape index (κ2) is 12.1. The third-order valence-corrected chi connectivity index (χ3v) is 5.87. The van der Waals surface area contributed by atoms with E-state index in [0.29, 0.717) is 0 Å². The fraction of sp³-hybridized carbons (Fsp3) is 0.250. The molecule has 2 aromatic carbocycles. The number of unbranched alkanes of at least 4 members (excludes halogenated alkanes) is 1. The molecule has 0 radical (unpaired) electrons. The topological polar surface area (TPSA) is 9.23 Å². The van der Waals surface area contributed by atoms with Crippen molar-refractivity contribution in [1.82, 2.24) is 0 Å². The molecule has 0 N–H and O–H groups in total. The summed E-state index contributed by atoms with van der Waals surface area (Å²) in [6.45, 7) is 8.59. The second-order valence-electron chi connectivity index (χ2n) is 8.51. The van der Waals surface area contributed by atoms with Crippen LogP contribution in [0.5, 0.6) is 0 Å². The number of hydrogen-bond donors (Lipinski definition) is 0. The Morgan fingerprint density at radius 1 is 0.879 bits per heavy atom. The Labute approximate surface area is 200 Å². The van der Waals surface area contributed by atoms with Crippen molar-refractivity contribution in [1.29, 1.82) is 0 Å². The summed E-state index contributed by atoms with van der Waals surface area (Å²) in [4.78, 5) is 0. The molecule has 0 saturated heterocycles. The zero-order valence-corrected chi connectivity index (χ0v) is 20.4. The number of ether oxygens (including phenoxy) is 1. The lowest BCUT2D eigenvalue weighted by Gasteiger charge is -2.37. The standard InChI is InChI=1S/C32H36O/c1-5-7-11-21-31-30(27(4)23-22-26(3)16-8-6-2)24-25-32(33-31,28-17-12-9-13-18-28)29-19-14-10-15-20-29/h6,8-15,17-25H,5,7,16H2,1-4H3/b8-6?,21-11-,26-22?,27-23+. The molecule has 0 unspecified atom stereocenters. The molecule has 0 atom stereocenters. The van der Waals surface area contributed by atoms with Gasteiger partial charge in [0, 0.05) is 16.7 Å². The minimum Gasteiger partial charge on any atom is -0.473 e. The molecule has 1 heterocycles. The highest BCUT2D eigenvalue weighted by molar-refractivity contribution is 5.53. The zero-order chi connectivity index (χ0) is 23.5. The molecule has 170 valence electrons. The van der Waals surface area contributed by atoms with Crippen molar-refractivity contribution >= 4 is 0 Å². The molecule has 33 heavy (non-hydrogen) atoms. The third kappa shape index (κ3) is 6.14. The monoisotopic (exact) mass is 436 g/mol. The maximum Gasteiger partial charge on any atom is 0.178 e. The van der Waals surface area contributed by atoms with Gasteiger partial charge < -0.3 is 4.74 Å². The van der Waals surface area contributed by atoms with Crippen LogP contribution in [0.2, 0.25) is 0 Å². The summed E-state index contributed by atoms with van der Waals surface area (Å²) in [5.74, 6) is 0.909. The minimum absolute atomic E-state index is 0.657. The van der Waals surface area contributed by atoms with E-state index in [0.717, 1.165) is 41.7 Å². The predicted octanol–water partition coefficient (Wildman–Crippen LogP) is 8.99. The molecule has 1 heteroatoms. The number of rotatable bonds is 9. The molecule has 0 amide bonds. The largest absolute Gasteiger partial charge is 0.473 e. The van der Waals surface area contributed by atoms with Gasteiger partial charge in [-0.3, -0.25) is 0 Å². The first-order chi connectivity index (χ1) is 16.1. The van der Waals surface area contributed by atoms with Crippen LogP contribution in [0.4, 0.5) is 0 Å². The van der Waals surface area contributed by atoms with Gasteiger partial charge in [0.05, 0.1) is 0 Å². The molecule has 2 aromatic rings. The Balaban J connectivity index is 2.08. The summed E-state index contributed by atoms with van der Waals surface area (Å²) in [7, 11) is 0. The lowest BCUT2D eigenvalue weighted by Crippen LogP contribution is -2.31. The molecule has 1 nitrogen and oxygen atoms in total. The molecule has 1 aliphatic heterocycles. The van der Waals surface area contributed by atoms with Crippen molar-refractivity contribution in [3.8, 4) is 0 Å². The van der Waals surface area contributed by atoms with Crippen LogP contribution in [0.1, 0.15) is 58.1 Å². The van der Waals surface area contributed by atoms with Crippen LogP contribution in [-0.4, -0.2) is 0 Å². The first-order valence-electron chi connectivity index (χ1n) is 12.0. The normalized spacial score (nSPS) is 16.6. The molecule has 0 spiro atoms. The van der Waals surface area contributed by atoms with Crippen molar-refractivity contribution in [3.05, 3.63) is 143 Å². The lowest BCUT2D eigenvalue weighted by atomic mass is 9.83. The summed E-state index contributed by atoms with van der Waals surface area (Å²) >= 11 is 0. The van der Waals surface area contributed by atoms with E-state index in [1.807, 2.05) is 12.1 Å². The smallest absolute Gasteiger partial charge is 0.178 e. The lowest BCUT2D eigenvalue weighted by molar-refractivity contribution is 0.0817. The summed E-state index contributed by atoms with van der Waals surface area (Å²) in [6.07, 6.45) is 20.6. The van der Waals surface area contributed by atoms with Crippen LogP contribution in [0.15, 0.2) is 132 Å². The van der Waals surface area contributed by atoms with Gasteiger partial charge in [-0.05, 0) is 51.3 Å². The molecule has 0 aromatic heterocycles. The molecule has 0 fully saturated rings. The van der Waals surface area contributed by atoms with Crippen LogP contribution in [-0.2, 0) is 10.3 Å². The summed E-state index contributed by atoms with van der Waals surface area (Å²) < 4.78 is 6.93. The quantitative estimate of drug-likeness (QED) is 0.281. The maximum absolute atomic E-state index is 6.93. The fourth-order valence-corrected chi connectivity index (χ4v) is 3.93. The predicted molar refractivity (Wildman–Crippen MR) is 142 cm³/mol. The van der Waals surface area contributed by atoms with E-state index in [2.05, 4.69) is 125 Å². The maximum atomic E-state index is 6.93. The van der Waals surface area contributed by atoms with Gasteiger partial charge in [-0.15, -0.1) is 0 Å². The highest BCUT2D eigenvalue weighted by atomic mass is 16.5. The molecule has 0 saturated carbocycles. The van der Waals surface area contributed by atoms with Crippen LogP contribution in [0.3, 0.4) is 0 Å². The second-order valence-corrected chi connectivity index (χ2v) is 8.51. The number of benzene rings is 2. The summed E-state index contributed by atoms with van der Waals surface area (Å²) in [6, 6.07) is 21.0. The Morgan fingerprint density at radius 3 is 2.09 bits per heavy atom. The van der Waals surface area contributed by atoms with Crippen molar-refractivity contribution in [2.45, 2.75) is 52.6 Å². The van der Waals surface area contributed by atoms with Crippen molar-refractivity contribution < 1.29 is 4.74 Å². The van der Waals surface area contributed by atoms with Crippen molar-refractivity contribution in [3.63, 3.8) is 0 Å². The van der Waals surface area contributed by atoms with E-state index in [-0.39, 0.29) is 0 Å². The third-order valence-electron chi connectivity index (χ3n) is 5.87. The number of hydrogen-bond acceptors (Lipinski definition) is 1.